The molecule has 0 nitrogen and oxygen atoms in total. The fraction of sp³-hybridized carbons (Fsp3) is 0.333. The molecule has 0 amide bonds. The van der Waals surface area contributed by atoms with Gasteiger partial charge in [-0.3, -0.25) is 0 Å². The van der Waals surface area contributed by atoms with Gasteiger partial charge in [-0.1, -0.05) is 49.9 Å². The van der Waals surface area contributed by atoms with E-state index in [0.717, 1.165) is 24.8 Å². The predicted molar refractivity (Wildman–Crippen MR) is 68.2 cm³/mol. The third-order valence-electron chi connectivity index (χ3n) is 2.83. The lowest BCUT2D eigenvalue weighted by Gasteiger charge is -2.08. The number of benzene rings is 1. The molecule has 80 valence electrons. The van der Waals surface area contributed by atoms with Crippen LogP contribution in [-0.2, 0) is 12.8 Å². The Labute approximate surface area is 93.3 Å². The van der Waals surface area contributed by atoms with Gasteiger partial charge in [0.1, 0.15) is 0 Å². The van der Waals surface area contributed by atoms with E-state index in [4.69, 9.17) is 0 Å². The molecule has 0 N–H and O–H groups in total. The predicted octanol–water partition coefficient (Wildman–Crippen LogP) is 4.23. The van der Waals surface area contributed by atoms with Crippen LogP contribution >= 0.6 is 0 Å². The summed E-state index contributed by atoms with van der Waals surface area (Å²) in [5.41, 5.74) is 5.36. The second kappa shape index (κ2) is 5.55. The Morgan fingerprint density at radius 2 is 2.13 bits per heavy atom. The van der Waals surface area contributed by atoms with Crippen molar-refractivity contribution in [2.75, 3.05) is 0 Å². The molecule has 0 aliphatic rings. The lowest BCUT2D eigenvalue weighted by molar-refractivity contribution is 0.950. The van der Waals surface area contributed by atoms with Gasteiger partial charge in [0.15, 0.2) is 0 Å². The van der Waals surface area contributed by atoms with Crippen molar-refractivity contribution in [3.63, 3.8) is 0 Å². The van der Waals surface area contributed by atoms with Crippen LogP contribution in [-0.4, -0.2) is 0 Å². The Bertz CT molecular complexity index is 358. The quantitative estimate of drug-likeness (QED) is 0.624. The normalized spacial score (nSPS) is 10.0. The van der Waals surface area contributed by atoms with Crippen molar-refractivity contribution in [2.45, 2.75) is 33.1 Å². The molecule has 0 radical (unpaired) electrons. The van der Waals surface area contributed by atoms with Gasteiger partial charge in [-0.05, 0) is 42.9 Å². The Hall–Kier alpha value is -1.30. The molecule has 0 fully saturated rings. The molecule has 0 saturated carbocycles. The highest BCUT2D eigenvalue weighted by molar-refractivity contribution is 5.32. The first-order valence-electron chi connectivity index (χ1n) is 5.56. The van der Waals surface area contributed by atoms with Gasteiger partial charge >= 0.3 is 0 Å². The Morgan fingerprint density at radius 3 is 2.73 bits per heavy atom. The molecule has 15 heavy (non-hydrogen) atoms. The highest BCUT2D eigenvalue weighted by Gasteiger charge is 2.00. The molecule has 1 rings (SSSR count). The minimum atomic E-state index is 1.01. The maximum absolute atomic E-state index is 3.94. The molecule has 0 aliphatic heterocycles. The van der Waals surface area contributed by atoms with Crippen molar-refractivity contribution >= 4 is 0 Å². The molecule has 1 aromatic rings. The van der Waals surface area contributed by atoms with Crippen molar-refractivity contribution in [3.05, 3.63) is 59.7 Å². The topological polar surface area (TPSA) is 0 Å². The van der Waals surface area contributed by atoms with Crippen molar-refractivity contribution in [1.82, 2.24) is 0 Å². The van der Waals surface area contributed by atoms with E-state index >= 15 is 0 Å². The summed E-state index contributed by atoms with van der Waals surface area (Å²) in [5.74, 6) is 0. The lowest BCUT2D eigenvalue weighted by atomic mass is 9.98. The van der Waals surface area contributed by atoms with Crippen LogP contribution in [0, 0.1) is 6.92 Å². The summed E-state index contributed by atoms with van der Waals surface area (Å²) < 4.78 is 0. The average Bonchev–Trinajstić information content (AvgIpc) is 2.27. The number of allylic oxidation sites excluding steroid dienone is 2. The lowest BCUT2D eigenvalue weighted by Crippen LogP contribution is -1.93. The minimum absolute atomic E-state index is 1.01. The van der Waals surface area contributed by atoms with E-state index in [1.807, 2.05) is 6.08 Å². The van der Waals surface area contributed by atoms with Crippen LogP contribution in [0.5, 0.6) is 0 Å². The Kier molecular flexibility index (Phi) is 4.36. The summed E-state index contributed by atoms with van der Waals surface area (Å²) in [6, 6.07) is 6.73. The van der Waals surface area contributed by atoms with Crippen molar-refractivity contribution in [1.29, 1.82) is 0 Å². The van der Waals surface area contributed by atoms with Crippen LogP contribution in [0.25, 0.3) is 0 Å². The van der Waals surface area contributed by atoms with Gasteiger partial charge in [-0.25, -0.2) is 0 Å². The molecule has 0 heteroatoms. The van der Waals surface area contributed by atoms with Crippen LogP contribution in [0.1, 0.15) is 30.0 Å². The summed E-state index contributed by atoms with van der Waals surface area (Å²) in [5, 5.41) is 0. The summed E-state index contributed by atoms with van der Waals surface area (Å²) in [6.45, 7) is 12.0. The number of hydrogen-bond donors (Lipinski definition) is 0. The maximum atomic E-state index is 3.94. The number of aryl methyl sites for hydroxylation is 3. The number of rotatable bonds is 5. The smallest absolute Gasteiger partial charge is 0.0236 e. The summed E-state index contributed by atoms with van der Waals surface area (Å²) >= 11 is 0. The molecule has 0 saturated heterocycles. The van der Waals surface area contributed by atoms with E-state index in [-0.39, 0.29) is 0 Å². The van der Waals surface area contributed by atoms with Crippen LogP contribution in [0.3, 0.4) is 0 Å². The van der Waals surface area contributed by atoms with E-state index in [2.05, 4.69) is 45.2 Å². The van der Waals surface area contributed by atoms with E-state index in [1.54, 1.807) is 0 Å². The number of hydrogen-bond acceptors (Lipinski definition) is 0. The fourth-order valence-electron chi connectivity index (χ4n) is 1.61. The average molecular weight is 200 g/mol. The molecule has 1 aromatic carbocycles. The molecule has 0 atom stereocenters. The van der Waals surface area contributed by atoms with E-state index < -0.39 is 0 Å². The van der Waals surface area contributed by atoms with E-state index in [1.165, 1.54) is 16.7 Å². The summed E-state index contributed by atoms with van der Waals surface area (Å²) in [6.07, 6.45) is 5.04. The van der Waals surface area contributed by atoms with Crippen LogP contribution in [0.4, 0.5) is 0 Å². The highest BCUT2D eigenvalue weighted by atomic mass is 14.1. The molecule has 0 unspecified atom stereocenters. The third kappa shape index (κ3) is 3.39. The zero-order valence-corrected chi connectivity index (χ0v) is 9.84. The first-order chi connectivity index (χ1) is 7.17. The second-order valence-corrected chi connectivity index (χ2v) is 3.98. The third-order valence-corrected chi connectivity index (χ3v) is 2.83. The van der Waals surface area contributed by atoms with Gasteiger partial charge in [0, 0.05) is 0 Å². The molecule has 0 bridgehead atoms. The van der Waals surface area contributed by atoms with Gasteiger partial charge in [0.2, 0.25) is 0 Å². The van der Waals surface area contributed by atoms with Crippen LogP contribution in [0.2, 0.25) is 0 Å². The second-order valence-electron chi connectivity index (χ2n) is 3.98. The molecule has 0 aliphatic carbocycles. The van der Waals surface area contributed by atoms with Crippen LogP contribution < -0.4 is 0 Å². The van der Waals surface area contributed by atoms with Gasteiger partial charge in [-0.2, -0.15) is 0 Å². The maximum Gasteiger partial charge on any atom is -0.0236 e. The SMILES string of the molecule is C=CC(=C)CCc1cc(CC)ccc1C. The zero-order chi connectivity index (χ0) is 11.3. The monoisotopic (exact) mass is 200 g/mol. The molecule has 0 aromatic heterocycles. The van der Waals surface area contributed by atoms with E-state index in [0.29, 0.717) is 0 Å². The van der Waals surface area contributed by atoms with Gasteiger partial charge < -0.3 is 0 Å². The van der Waals surface area contributed by atoms with Gasteiger partial charge in [-0.15, -0.1) is 0 Å². The standard InChI is InChI=1S/C15H20/c1-5-12(3)7-10-15-11-14(6-2)9-8-13(15)4/h5,8-9,11H,1,3,6-7,10H2,2,4H3. The summed E-state index contributed by atoms with van der Waals surface area (Å²) in [7, 11) is 0. The van der Waals surface area contributed by atoms with Crippen molar-refractivity contribution in [3.8, 4) is 0 Å². The van der Waals surface area contributed by atoms with E-state index in [9.17, 15) is 0 Å². The fourth-order valence-corrected chi connectivity index (χ4v) is 1.61. The molecule has 0 spiro atoms. The molecular weight excluding hydrogens is 180 g/mol. The zero-order valence-electron chi connectivity index (χ0n) is 9.84. The Morgan fingerprint density at radius 1 is 1.40 bits per heavy atom. The van der Waals surface area contributed by atoms with Crippen molar-refractivity contribution in [2.24, 2.45) is 0 Å². The van der Waals surface area contributed by atoms with Crippen LogP contribution in [0.15, 0.2) is 43.0 Å². The minimum Gasteiger partial charge on any atom is -0.0988 e. The van der Waals surface area contributed by atoms with Gasteiger partial charge in [0.05, 0.1) is 0 Å². The molecular formula is C15H20. The highest BCUT2D eigenvalue weighted by Crippen LogP contribution is 2.15. The summed E-state index contributed by atoms with van der Waals surface area (Å²) in [4.78, 5) is 0. The van der Waals surface area contributed by atoms with Crippen molar-refractivity contribution < 1.29 is 0 Å². The first-order valence-corrected chi connectivity index (χ1v) is 5.56. The Balaban J connectivity index is 2.74. The largest absolute Gasteiger partial charge is 0.0988 e. The van der Waals surface area contributed by atoms with Gasteiger partial charge in [0.25, 0.3) is 0 Å². The first kappa shape index (κ1) is 11.8. The molecule has 0 heterocycles.